The van der Waals surface area contributed by atoms with E-state index in [0.29, 0.717) is 29.8 Å². The van der Waals surface area contributed by atoms with Crippen molar-refractivity contribution in [2.24, 2.45) is 5.92 Å². The van der Waals surface area contributed by atoms with Gasteiger partial charge in [0.25, 0.3) is 5.91 Å². The second kappa shape index (κ2) is 7.82. The maximum absolute atomic E-state index is 12.3. The number of amides is 1. The van der Waals surface area contributed by atoms with Gasteiger partial charge in [-0.05, 0) is 30.7 Å². The first kappa shape index (κ1) is 17.7. The van der Waals surface area contributed by atoms with E-state index in [9.17, 15) is 14.4 Å². The van der Waals surface area contributed by atoms with Gasteiger partial charge in [0.2, 0.25) is 0 Å². The largest absolute Gasteiger partial charge is 0.484 e. The molecule has 0 bridgehead atoms. The minimum atomic E-state index is -0.875. The molecular formula is C20H19NO5. The van der Waals surface area contributed by atoms with E-state index in [2.05, 4.69) is 0 Å². The predicted octanol–water partition coefficient (Wildman–Crippen LogP) is 2.23. The molecule has 0 unspecified atom stereocenters. The number of carboxylic acids is 1. The van der Waals surface area contributed by atoms with Crippen LogP contribution < -0.4 is 4.74 Å². The summed E-state index contributed by atoms with van der Waals surface area (Å²) in [5.74, 6) is -1.21. The van der Waals surface area contributed by atoms with E-state index >= 15 is 0 Å². The summed E-state index contributed by atoms with van der Waals surface area (Å²) in [5, 5.41) is 8.98. The van der Waals surface area contributed by atoms with Crippen LogP contribution in [-0.2, 0) is 9.59 Å². The highest BCUT2D eigenvalue weighted by Crippen LogP contribution is 2.18. The number of hydrogen-bond donors (Lipinski definition) is 1. The number of carbonyl (C=O) groups excluding carboxylic acids is 2. The van der Waals surface area contributed by atoms with E-state index in [1.165, 1.54) is 4.90 Å². The van der Waals surface area contributed by atoms with E-state index in [1.54, 1.807) is 36.4 Å². The van der Waals surface area contributed by atoms with Gasteiger partial charge in [-0.2, -0.15) is 0 Å². The smallest absolute Gasteiger partial charge is 0.308 e. The van der Waals surface area contributed by atoms with E-state index in [-0.39, 0.29) is 24.8 Å². The molecule has 1 atom stereocenters. The summed E-state index contributed by atoms with van der Waals surface area (Å²) in [4.78, 5) is 36.9. The van der Waals surface area contributed by atoms with Crippen LogP contribution in [0.25, 0.3) is 0 Å². The molecule has 1 saturated heterocycles. The van der Waals surface area contributed by atoms with Gasteiger partial charge in [0.15, 0.2) is 12.4 Å². The number of rotatable bonds is 6. The minimum Gasteiger partial charge on any atom is -0.484 e. The molecule has 0 aliphatic carbocycles. The van der Waals surface area contributed by atoms with Crippen molar-refractivity contribution in [3.05, 3.63) is 65.7 Å². The van der Waals surface area contributed by atoms with Gasteiger partial charge in [0.05, 0.1) is 5.92 Å². The zero-order chi connectivity index (χ0) is 18.5. The molecule has 0 aromatic heterocycles. The lowest BCUT2D eigenvalue weighted by molar-refractivity contribution is -0.141. The normalized spacial score (nSPS) is 16.3. The van der Waals surface area contributed by atoms with Crippen LogP contribution in [-0.4, -0.2) is 47.4 Å². The van der Waals surface area contributed by atoms with Crippen molar-refractivity contribution < 1.29 is 24.2 Å². The van der Waals surface area contributed by atoms with Crippen molar-refractivity contribution in [3.8, 4) is 5.75 Å². The van der Waals surface area contributed by atoms with E-state index in [1.807, 2.05) is 18.2 Å². The highest BCUT2D eigenvalue weighted by Gasteiger charge is 2.30. The molecule has 3 rings (SSSR count). The third-order valence-electron chi connectivity index (χ3n) is 4.40. The molecule has 6 nitrogen and oxygen atoms in total. The molecule has 134 valence electrons. The van der Waals surface area contributed by atoms with Crippen LogP contribution in [0, 0.1) is 5.92 Å². The Balaban J connectivity index is 1.54. The first-order chi connectivity index (χ1) is 12.5. The van der Waals surface area contributed by atoms with E-state index in [4.69, 9.17) is 9.84 Å². The monoisotopic (exact) mass is 353 g/mol. The highest BCUT2D eigenvalue weighted by molar-refractivity contribution is 6.08. The average Bonchev–Trinajstić information content (AvgIpc) is 3.17. The summed E-state index contributed by atoms with van der Waals surface area (Å²) in [7, 11) is 0. The molecule has 6 heteroatoms. The number of carbonyl (C=O) groups is 3. The third-order valence-corrected chi connectivity index (χ3v) is 4.40. The fourth-order valence-electron chi connectivity index (χ4n) is 2.88. The zero-order valence-corrected chi connectivity index (χ0v) is 14.1. The first-order valence-electron chi connectivity index (χ1n) is 8.38. The van der Waals surface area contributed by atoms with Crippen molar-refractivity contribution in [3.63, 3.8) is 0 Å². The van der Waals surface area contributed by atoms with Crippen LogP contribution in [0.2, 0.25) is 0 Å². The number of ether oxygens (including phenoxy) is 1. The minimum absolute atomic E-state index is 0.0787. The van der Waals surface area contributed by atoms with Gasteiger partial charge in [-0.1, -0.05) is 30.3 Å². The lowest BCUT2D eigenvalue weighted by Gasteiger charge is -2.16. The summed E-state index contributed by atoms with van der Waals surface area (Å²) in [5.41, 5.74) is 1.15. The zero-order valence-electron chi connectivity index (χ0n) is 14.1. The number of benzene rings is 2. The van der Waals surface area contributed by atoms with Crippen LogP contribution in [0.15, 0.2) is 54.6 Å². The van der Waals surface area contributed by atoms with Crippen molar-refractivity contribution in [1.82, 2.24) is 4.90 Å². The molecule has 26 heavy (non-hydrogen) atoms. The summed E-state index contributed by atoms with van der Waals surface area (Å²) < 4.78 is 5.47. The Labute approximate surface area is 151 Å². The Bertz CT molecular complexity index is 801. The Morgan fingerprint density at radius 2 is 1.65 bits per heavy atom. The molecule has 2 aromatic rings. The number of likely N-dealkylation sites (tertiary alicyclic amines) is 1. The number of hydrogen-bond acceptors (Lipinski definition) is 4. The molecule has 2 aromatic carbocycles. The summed E-state index contributed by atoms with van der Waals surface area (Å²) >= 11 is 0. The fourth-order valence-corrected chi connectivity index (χ4v) is 2.88. The lowest BCUT2D eigenvalue weighted by Crippen LogP contribution is -2.33. The predicted molar refractivity (Wildman–Crippen MR) is 94.1 cm³/mol. The maximum Gasteiger partial charge on any atom is 0.308 e. The summed E-state index contributed by atoms with van der Waals surface area (Å²) in [6, 6.07) is 15.6. The van der Waals surface area contributed by atoms with Crippen molar-refractivity contribution >= 4 is 17.7 Å². The van der Waals surface area contributed by atoms with Gasteiger partial charge in [-0.15, -0.1) is 0 Å². The Kier molecular flexibility index (Phi) is 5.31. The van der Waals surface area contributed by atoms with Gasteiger partial charge < -0.3 is 14.7 Å². The average molecular weight is 353 g/mol. The summed E-state index contributed by atoms with van der Waals surface area (Å²) in [6.45, 7) is 0.504. The molecule has 0 saturated carbocycles. The van der Waals surface area contributed by atoms with E-state index < -0.39 is 11.9 Å². The standard InChI is InChI=1S/C20H19NO5/c22-18(21-11-10-16(12-21)20(24)25)13-26-17-8-6-15(7-9-17)19(23)14-4-2-1-3-5-14/h1-9,16H,10-13H2,(H,24,25)/t16-/m1/s1. The summed E-state index contributed by atoms with van der Waals surface area (Å²) in [6.07, 6.45) is 0.470. The SMILES string of the molecule is O=C(c1ccccc1)c1ccc(OCC(=O)N2CC[C@@H](C(=O)O)C2)cc1. The second-order valence-corrected chi connectivity index (χ2v) is 6.17. The maximum atomic E-state index is 12.3. The lowest BCUT2D eigenvalue weighted by atomic mass is 10.0. The van der Waals surface area contributed by atoms with Crippen molar-refractivity contribution in [2.45, 2.75) is 6.42 Å². The van der Waals surface area contributed by atoms with Gasteiger partial charge >= 0.3 is 5.97 Å². The molecule has 0 radical (unpaired) electrons. The van der Waals surface area contributed by atoms with Crippen LogP contribution in [0.3, 0.4) is 0 Å². The Hall–Kier alpha value is -3.15. The van der Waals surface area contributed by atoms with Crippen molar-refractivity contribution in [1.29, 1.82) is 0 Å². The van der Waals surface area contributed by atoms with E-state index in [0.717, 1.165) is 0 Å². The Morgan fingerprint density at radius 1 is 1.00 bits per heavy atom. The van der Waals surface area contributed by atoms with Crippen LogP contribution in [0.1, 0.15) is 22.3 Å². The second-order valence-electron chi connectivity index (χ2n) is 6.17. The number of aliphatic carboxylic acids is 1. The quantitative estimate of drug-likeness (QED) is 0.805. The fraction of sp³-hybridized carbons (Fsp3) is 0.250. The van der Waals surface area contributed by atoms with Gasteiger partial charge in [-0.25, -0.2) is 0 Å². The topological polar surface area (TPSA) is 83.9 Å². The first-order valence-corrected chi connectivity index (χ1v) is 8.38. The molecule has 1 N–H and O–H groups in total. The number of ketones is 1. The number of carboxylic acid groups (broad SMARTS) is 1. The molecule has 1 aliphatic rings. The molecule has 1 aliphatic heterocycles. The van der Waals surface area contributed by atoms with Crippen LogP contribution in [0.5, 0.6) is 5.75 Å². The molecule has 0 spiro atoms. The highest BCUT2D eigenvalue weighted by atomic mass is 16.5. The molecule has 1 fully saturated rings. The van der Waals surface area contributed by atoms with Gasteiger partial charge in [0, 0.05) is 24.2 Å². The van der Waals surface area contributed by atoms with Crippen LogP contribution >= 0.6 is 0 Å². The third kappa shape index (κ3) is 4.08. The Morgan fingerprint density at radius 3 is 2.27 bits per heavy atom. The molecule has 1 heterocycles. The van der Waals surface area contributed by atoms with Crippen molar-refractivity contribution in [2.75, 3.05) is 19.7 Å². The van der Waals surface area contributed by atoms with Gasteiger partial charge in [0.1, 0.15) is 5.75 Å². The van der Waals surface area contributed by atoms with Crippen LogP contribution in [0.4, 0.5) is 0 Å². The van der Waals surface area contributed by atoms with Gasteiger partial charge in [-0.3, -0.25) is 14.4 Å². The molecule has 1 amide bonds. The number of nitrogens with zero attached hydrogens (tertiary/aromatic N) is 1. The molecular weight excluding hydrogens is 334 g/mol.